The highest BCUT2D eigenvalue weighted by Crippen LogP contribution is 2.22. The summed E-state index contributed by atoms with van der Waals surface area (Å²) in [4.78, 5) is 24.8. The second-order valence-electron chi connectivity index (χ2n) is 5.89. The van der Waals surface area contributed by atoms with Gasteiger partial charge in [0, 0.05) is 24.7 Å². The van der Waals surface area contributed by atoms with Crippen molar-refractivity contribution < 1.29 is 14.3 Å². The Morgan fingerprint density at radius 1 is 1.31 bits per heavy atom. The van der Waals surface area contributed by atoms with Gasteiger partial charge >= 0.3 is 0 Å². The van der Waals surface area contributed by atoms with E-state index in [0.29, 0.717) is 11.6 Å². The maximum absolute atomic E-state index is 12.3. The number of hydrogen-bond acceptors (Lipinski definition) is 6. The molecule has 4 N–H and O–H groups in total. The van der Waals surface area contributed by atoms with Crippen molar-refractivity contribution in [3.8, 4) is 0 Å². The van der Waals surface area contributed by atoms with Crippen LogP contribution in [0.3, 0.4) is 0 Å². The minimum absolute atomic E-state index is 0.0338. The first-order valence-electron chi connectivity index (χ1n) is 8.23. The maximum atomic E-state index is 12.3. The summed E-state index contributed by atoms with van der Waals surface area (Å²) < 4.78 is 9.49. The molecule has 1 aliphatic heterocycles. The number of halogens is 1. The Balaban J connectivity index is 1.59. The first-order chi connectivity index (χ1) is 12.6. The van der Waals surface area contributed by atoms with Gasteiger partial charge in [-0.1, -0.05) is 29.8 Å². The second-order valence-corrected chi connectivity index (χ2v) is 7.07. The van der Waals surface area contributed by atoms with Gasteiger partial charge in [-0.25, -0.2) is 0 Å². The standard InChI is InChI=1S/C17H19ClN4O3S/c18-12-6-2-1-4-10(12)8-20-16(23)14-13(19)15(26-22-14)17(24)21-9-11-5-3-7-25-11/h1-2,4,6,11H,3,5,7-9,19H2,(H,20,23)(H,21,24)/t11-/m0/s1. The first-order valence-corrected chi connectivity index (χ1v) is 9.38. The van der Waals surface area contributed by atoms with E-state index >= 15 is 0 Å². The zero-order valence-corrected chi connectivity index (χ0v) is 15.5. The average molecular weight is 395 g/mol. The summed E-state index contributed by atoms with van der Waals surface area (Å²) in [6.45, 7) is 1.39. The molecule has 7 nitrogen and oxygen atoms in total. The zero-order valence-electron chi connectivity index (χ0n) is 14.0. The number of nitrogens with two attached hydrogens (primary N) is 1. The fourth-order valence-electron chi connectivity index (χ4n) is 2.62. The van der Waals surface area contributed by atoms with E-state index in [0.717, 1.165) is 36.5 Å². The van der Waals surface area contributed by atoms with Crippen molar-refractivity contribution in [1.82, 2.24) is 15.0 Å². The summed E-state index contributed by atoms with van der Waals surface area (Å²) in [5.74, 6) is -0.794. The van der Waals surface area contributed by atoms with Crippen LogP contribution >= 0.6 is 23.1 Å². The van der Waals surface area contributed by atoms with E-state index in [4.69, 9.17) is 22.1 Å². The van der Waals surface area contributed by atoms with Crippen LogP contribution in [0, 0.1) is 0 Å². The van der Waals surface area contributed by atoms with Crippen molar-refractivity contribution in [2.75, 3.05) is 18.9 Å². The van der Waals surface area contributed by atoms with Crippen molar-refractivity contribution >= 4 is 40.6 Å². The number of nitrogen functional groups attached to an aromatic ring is 1. The average Bonchev–Trinajstić information content (AvgIpc) is 3.28. The Labute approximate surface area is 160 Å². The van der Waals surface area contributed by atoms with Crippen molar-refractivity contribution in [2.45, 2.75) is 25.5 Å². The first kappa shape index (κ1) is 18.6. The van der Waals surface area contributed by atoms with Crippen LogP contribution in [0.1, 0.15) is 38.6 Å². The minimum atomic E-state index is -0.447. The van der Waals surface area contributed by atoms with Crippen molar-refractivity contribution in [3.05, 3.63) is 45.4 Å². The molecule has 138 valence electrons. The highest BCUT2D eigenvalue weighted by molar-refractivity contribution is 7.09. The van der Waals surface area contributed by atoms with Crippen LogP contribution in [0.4, 0.5) is 5.69 Å². The molecule has 0 unspecified atom stereocenters. The predicted octanol–water partition coefficient (Wildman–Crippen LogP) is 2.22. The number of hydrogen-bond donors (Lipinski definition) is 3. The number of nitrogens with one attached hydrogen (secondary N) is 2. The summed E-state index contributed by atoms with van der Waals surface area (Å²) in [6, 6.07) is 7.21. The Hall–Kier alpha value is -2.16. The molecule has 9 heteroatoms. The third-order valence-electron chi connectivity index (χ3n) is 4.06. The molecule has 2 aromatic rings. The molecule has 2 amide bonds. The maximum Gasteiger partial charge on any atom is 0.273 e. The number of anilines is 1. The van der Waals surface area contributed by atoms with Gasteiger partial charge in [-0.2, -0.15) is 4.37 Å². The van der Waals surface area contributed by atoms with Gasteiger partial charge in [0.25, 0.3) is 11.8 Å². The quantitative estimate of drug-likeness (QED) is 0.696. The smallest absolute Gasteiger partial charge is 0.273 e. The molecule has 1 aromatic heterocycles. The molecule has 0 bridgehead atoms. The topological polar surface area (TPSA) is 106 Å². The van der Waals surface area contributed by atoms with Gasteiger partial charge in [0.05, 0.1) is 11.8 Å². The number of ether oxygens (including phenoxy) is 1. The summed E-state index contributed by atoms with van der Waals surface area (Å²) in [5, 5.41) is 6.05. The van der Waals surface area contributed by atoms with E-state index < -0.39 is 5.91 Å². The fraction of sp³-hybridized carbons (Fsp3) is 0.353. The molecule has 26 heavy (non-hydrogen) atoms. The molecule has 3 rings (SSSR count). The third-order valence-corrected chi connectivity index (χ3v) is 5.29. The van der Waals surface area contributed by atoms with Crippen LogP contribution in [0.2, 0.25) is 5.02 Å². The Bertz CT molecular complexity index is 805. The SMILES string of the molecule is Nc1c(C(=O)NCc2ccccc2Cl)nsc1C(=O)NC[C@@H]1CCCO1. The zero-order chi connectivity index (χ0) is 18.5. The number of benzene rings is 1. The van der Waals surface area contributed by atoms with E-state index in [9.17, 15) is 9.59 Å². The lowest BCUT2D eigenvalue weighted by Gasteiger charge is -2.10. The predicted molar refractivity (Wildman–Crippen MR) is 100 cm³/mol. The lowest BCUT2D eigenvalue weighted by atomic mass is 10.2. The molecule has 1 saturated heterocycles. The van der Waals surface area contributed by atoms with Gasteiger partial charge in [-0.05, 0) is 36.0 Å². The summed E-state index contributed by atoms with van der Waals surface area (Å²) in [6.07, 6.45) is 1.96. The number of aromatic nitrogens is 1. The van der Waals surface area contributed by atoms with Crippen LogP contribution in [0.5, 0.6) is 0 Å². The van der Waals surface area contributed by atoms with Crippen LogP contribution < -0.4 is 16.4 Å². The molecule has 2 heterocycles. The van der Waals surface area contributed by atoms with E-state index in [-0.39, 0.29) is 34.8 Å². The normalized spacial score (nSPS) is 16.4. The van der Waals surface area contributed by atoms with Gasteiger partial charge in [0.15, 0.2) is 5.69 Å². The molecule has 0 radical (unpaired) electrons. The van der Waals surface area contributed by atoms with Crippen molar-refractivity contribution in [2.24, 2.45) is 0 Å². The molecule has 1 aliphatic rings. The molecule has 1 aromatic carbocycles. The number of rotatable bonds is 6. The number of carbonyl (C=O) groups excluding carboxylic acids is 2. The van der Waals surface area contributed by atoms with Gasteiger partial charge in [0.1, 0.15) is 4.88 Å². The Kier molecular flexibility index (Phi) is 6.08. The van der Waals surface area contributed by atoms with Crippen LogP contribution in [0.25, 0.3) is 0 Å². The molecule has 0 saturated carbocycles. The Morgan fingerprint density at radius 3 is 2.85 bits per heavy atom. The van der Waals surface area contributed by atoms with Crippen LogP contribution in [0.15, 0.2) is 24.3 Å². The summed E-state index contributed by atoms with van der Waals surface area (Å²) in [7, 11) is 0. The molecular formula is C17H19ClN4O3S. The molecule has 1 atom stereocenters. The van der Waals surface area contributed by atoms with Gasteiger partial charge in [-0.3, -0.25) is 9.59 Å². The second kappa shape index (κ2) is 8.48. The molecule has 0 spiro atoms. The van der Waals surface area contributed by atoms with Crippen LogP contribution in [-0.2, 0) is 11.3 Å². The lowest BCUT2D eigenvalue weighted by Crippen LogP contribution is -2.31. The fourth-order valence-corrected chi connectivity index (χ4v) is 3.53. The van der Waals surface area contributed by atoms with E-state index in [1.165, 1.54) is 0 Å². The Morgan fingerprint density at radius 2 is 2.12 bits per heavy atom. The van der Waals surface area contributed by atoms with E-state index in [2.05, 4.69) is 15.0 Å². The monoisotopic (exact) mass is 394 g/mol. The highest BCUT2D eigenvalue weighted by Gasteiger charge is 2.23. The lowest BCUT2D eigenvalue weighted by molar-refractivity contribution is 0.0861. The van der Waals surface area contributed by atoms with Crippen molar-refractivity contribution in [1.29, 1.82) is 0 Å². The van der Waals surface area contributed by atoms with Gasteiger partial charge in [-0.15, -0.1) is 0 Å². The number of carbonyl (C=O) groups is 2. The third kappa shape index (κ3) is 4.32. The van der Waals surface area contributed by atoms with Crippen LogP contribution in [-0.4, -0.2) is 35.4 Å². The molecular weight excluding hydrogens is 376 g/mol. The molecule has 1 fully saturated rings. The van der Waals surface area contributed by atoms with Gasteiger partial charge < -0.3 is 21.1 Å². The largest absolute Gasteiger partial charge is 0.395 e. The summed E-state index contributed by atoms with van der Waals surface area (Å²) >= 11 is 6.97. The number of nitrogens with zero attached hydrogens (tertiary/aromatic N) is 1. The molecule has 0 aliphatic carbocycles. The van der Waals surface area contributed by atoms with E-state index in [1.54, 1.807) is 6.07 Å². The summed E-state index contributed by atoms with van der Waals surface area (Å²) in [5.41, 5.74) is 6.87. The van der Waals surface area contributed by atoms with Gasteiger partial charge in [0.2, 0.25) is 0 Å². The number of amides is 2. The highest BCUT2D eigenvalue weighted by atomic mass is 35.5. The van der Waals surface area contributed by atoms with E-state index in [1.807, 2.05) is 18.2 Å². The van der Waals surface area contributed by atoms with Crippen molar-refractivity contribution in [3.63, 3.8) is 0 Å². The minimum Gasteiger partial charge on any atom is -0.395 e.